The number of aliphatic hydroxyl groups excluding tert-OH is 1. The maximum Gasteiger partial charge on any atom is 0.246 e. The topological polar surface area (TPSA) is 298 Å². The molecule has 21 nitrogen and oxygen atoms in total. The van der Waals surface area contributed by atoms with Gasteiger partial charge in [0.05, 0.1) is 13.2 Å². The third-order valence-corrected chi connectivity index (χ3v) is 18.2. The van der Waals surface area contributed by atoms with Gasteiger partial charge in [0.1, 0.15) is 59.4 Å². The number of nitrogens with one attached hydrogen (secondary N) is 9. The van der Waals surface area contributed by atoms with Crippen LogP contribution in [0.3, 0.4) is 0 Å². The number of thioether (sulfide) groups is 2. The van der Waals surface area contributed by atoms with E-state index in [4.69, 9.17) is 4.74 Å². The lowest BCUT2D eigenvalue weighted by molar-refractivity contribution is -0.147. The van der Waals surface area contributed by atoms with Gasteiger partial charge in [0, 0.05) is 72.5 Å². The van der Waals surface area contributed by atoms with E-state index in [1.54, 1.807) is 60.9 Å². The Morgan fingerprint density at radius 3 is 1.98 bits per heavy atom. The van der Waals surface area contributed by atoms with Gasteiger partial charge in [-0.2, -0.15) is 23.5 Å². The summed E-state index contributed by atoms with van der Waals surface area (Å²) in [6, 6.07) is 9.88. The average molecular weight is 1250 g/mol. The van der Waals surface area contributed by atoms with Gasteiger partial charge in [-0.15, -0.1) is 0 Å². The Bertz CT molecular complexity index is 3130. The smallest absolute Gasteiger partial charge is 0.246 e. The summed E-state index contributed by atoms with van der Waals surface area (Å²) in [6.07, 6.45) is 8.33. The molecule has 4 aromatic rings. The summed E-state index contributed by atoms with van der Waals surface area (Å²) in [5.41, 5.74) is 2.47. The van der Waals surface area contributed by atoms with Crippen molar-refractivity contribution in [3.8, 4) is 5.75 Å². The van der Waals surface area contributed by atoms with Crippen molar-refractivity contribution in [2.24, 2.45) is 0 Å². The number of benzene rings is 3. The van der Waals surface area contributed by atoms with Crippen LogP contribution in [-0.2, 0) is 67.5 Å². The molecule has 1 fully saturated rings. The van der Waals surface area contributed by atoms with Crippen LogP contribution < -0.4 is 47.3 Å². The van der Waals surface area contributed by atoms with Gasteiger partial charge in [0.15, 0.2) is 0 Å². The van der Waals surface area contributed by atoms with Gasteiger partial charge in [-0.05, 0) is 132 Å². The molecule has 0 aliphatic carbocycles. The third-order valence-electron chi connectivity index (χ3n) is 16.2. The SMILES string of the molecule is COc1ccc(C[C@@H]2NC(=O)[C@H]([C@@H](C)O)NC(=O)[C@@H]3CCCC/C=C\CCCC[C@H](NC(=O)[C@@H](C)NC(=O)[C@H](C)NC(=O)CCSCc4cccc(c4)CSCCNC(=O)[C@]4(C)CCCN4C2=O)C(=O)N[C@@H](Cc2c[nH]c4ccc(F)cc24)C(=O)N3)cc1. The lowest BCUT2D eigenvalue weighted by Gasteiger charge is -2.37. The van der Waals surface area contributed by atoms with Gasteiger partial charge < -0.3 is 62.3 Å². The van der Waals surface area contributed by atoms with Crippen LogP contribution in [-0.4, -0.2) is 154 Å². The van der Waals surface area contributed by atoms with Crippen LogP contribution >= 0.6 is 23.5 Å². The molecule has 7 rings (SSSR count). The molecule has 0 saturated carbocycles. The predicted molar refractivity (Wildman–Crippen MR) is 337 cm³/mol. The lowest BCUT2D eigenvalue weighted by atomic mass is 9.95. The maximum atomic E-state index is 15.0. The predicted octanol–water partition coefficient (Wildman–Crippen LogP) is 4.67. The van der Waals surface area contributed by atoms with Gasteiger partial charge >= 0.3 is 0 Å². The first-order valence-electron chi connectivity index (χ1n) is 30.4. The zero-order valence-electron chi connectivity index (χ0n) is 50.8. The van der Waals surface area contributed by atoms with E-state index >= 15 is 0 Å². The fraction of sp³-hybridized carbons (Fsp3) is 0.516. The van der Waals surface area contributed by atoms with Crippen molar-refractivity contribution < 1.29 is 57.4 Å². The highest BCUT2D eigenvalue weighted by molar-refractivity contribution is 7.98. The molecule has 1 aromatic heterocycles. The Kier molecular flexibility index (Phi) is 25.7. The number of aromatic nitrogens is 1. The van der Waals surface area contributed by atoms with Gasteiger partial charge in [-0.3, -0.25) is 43.2 Å². The van der Waals surface area contributed by atoms with Crippen LogP contribution in [0.2, 0.25) is 0 Å². The summed E-state index contributed by atoms with van der Waals surface area (Å²) in [4.78, 5) is 133. The number of halogens is 1. The van der Waals surface area contributed by atoms with Crippen molar-refractivity contribution >= 4 is 87.6 Å². The number of allylic oxidation sites excluding steroid dienone is 2. The molecule has 3 aliphatic heterocycles. The van der Waals surface area contributed by atoms with Gasteiger partial charge in [0.2, 0.25) is 53.2 Å². The van der Waals surface area contributed by atoms with Crippen molar-refractivity contribution in [2.45, 2.75) is 177 Å². The highest BCUT2D eigenvalue weighted by atomic mass is 32.2. The Morgan fingerprint density at radius 2 is 1.31 bits per heavy atom. The van der Waals surface area contributed by atoms with Crippen molar-refractivity contribution in [3.63, 3.8) is 0 Å². The summed E-state index contributed by atoms with van der Waals surface area (Å²) >= 11 is 3.19. The molecular formula is C64H85FN10O11S2. The van der Waals surface area contributed by atoms with E-state index in [2.05, 4.69) is 53.6 Å². The van der Waals surface area contributed by atoms with E-state index in [1.165, 1.54) is 51.0 Å². The largest absolute Gasteiger partial charge is 0.497 e. The van der Waals surface area contributed by atoms with E-state index in [1.807, 2.05) is 30.4 Å². The number of fused-ring (bicyclic) bond motifs is 10. The first kappa shape index (κ1) is 68.1. The number of H-pyrrole nitrogens is 1. The first-order chi connectivity index (χ1) is 42.2. The number of amides is 9. The molecule has 24 heteroatoms. The van der Waals surface area contributed by atoms with Crippen LogP contribution in [0.25, 0.3) is 10.9 Å². The van der Waals surface area contributed by atoms with E-state index in [-0.39, 0.29) is 50.5 Å². The van der Waals surface area contributed by atoms with Crippen molar-refractivity contribution in [2.75, 3.05) is 31.7 Å². The Hall–Kier alpha value is -7.44. The van der Waals surface area contributed by atoms with Crippen LogP contribution in [0.4, 0.5) is 4.39 Å². The fourth-order valence-corrected chi connectivity index (χ4v) is 12.7. The van der Waals surface area contributed by atoms with Gasteiger partial charge in [-0.1, -0.05) is 61.4 Å². The molecular weight excluding hydrogens is 1170 g/mol. The number of carbonyl (C=O) groups excluding carboxylic acids is 9. The first-order valence-corrected chi connectivity index (χ1v) is 32.7. The normalized spacial score (nSPS) is 26.5. The molecule has 88 heavy (non-hydrogen) atoms. The molecule has 3 aromatic carbocycles. The molecule has 0 spiro atoms. The molecule has 9 atom stereocenters. The number of hydrogen-bond acceptors (Lipinski definition) is 13. The van der Waals surface area contributed by atoms with Crippen LogP contribution in [0.5, 0.6) is 5.75 Å². The van der Waals surface area contributed by atoms with Crippen LogP contribution in [0, 0.1) is 5.82 Å². The molecule has 0 radical (unpaired) electrons. The van der Waals surface area contributed by atoms with Gasteiger partial charge in [-0.25, -0.2) is 4.39 Å². The third kappa shape index (κ3) is 19.5. The molecule has 4 heterocycles. The number of hydrogen-bond donors (Lipinski definition) is 10. The minimum atomic E-state index is -1.67. The molecule has 476 valence electrons. The maximum absolute atomic E-state index is 15.0. The fourth-order valence-electron chi connectivity index (χ4n) is 11.0. The lowest BCUT2D eigenvalue weighted by Crippen LogP contribution is -2.63. The van der Waals surface area contributed by atoms with Crippen LogP contribution in [0.15, 0.2) is 85.1 Å². The summed E-state index contributed by atoms with van der Waals surface area (Å²) < 4.78 is 20.2. The quantitative estimate of drug-likeness (QED) is 0.118. The van der Waals surface area contributed by atoms with E-state index in [9.17, 15) is 52.6 Å². The minimum absolute atomic E-state index is 0.0420. The zero-order valence-corrected chi connectivity index (χ0v) is 52.4. The second kappa shape index (κ2) is 33.2. The number of rotatable bonds is 6. The Balaban J connectivity index is 1.20. The van der Waals surface area contributed by atoms with Crippen molar-refractivity contribution in [1.29, 1.82) is 0 Å². The summed E-state index contributed by atoms with van der Waals surface area (Å²) in [6.45, 7) is 6.48. The molecule has 1 saturated heterocycles. The molecule has 10 N–H and O–H groups in total. The minimum Gasteiger partial charge on any atom is -0.497 e. The zero-order chi connectivity index (χ0) is 63.3. The van der Waals surface area contributed by atoms with Crippen molar-refractivity contribution in [1.82, 2.24) is 52.4 Å². The van der Waals surface area contributed by atoms with Crippen molar-refractivity contribution in [3.05, 3.63) is 113 Å². The van der Waals surface area contributed by atoms with E-state index in [0.717, 1.165) is 11.1 Å². The highest BCUT2D eigenvalue weighted by Crippen LogP contribution is 2.31. The molecule has 9 amide bonds. The molecule has 4 bridgehead atoms. The summed E-state index contributed by atoms with van der Waals surface area (Å²) in [5.74, 6) is -3.63. The number of carbonyl (C=O) groups is 9. The van der Waals surface area contributed by atoms with E-state index in [0.29, 0.717) is 109 Å². The summed E-state index contributed by atoms with van der Waals surface area (Å²) in [7, 11) is 1.52. The number of methoxy groups -OCH3 is 1. The Labute approximate surface area is 522 Å². The number of nitrogens with zero attached hydrogens (tertiary/aromatic N) is 1. The summed E-state index contributed by atoms with van der Waals surface area (Å²) in [5, 5.41) is 33.9. The van der Waals surface area contributed by atoms with Crippen LogP contribution in [0.1, 0.15) is 121 Å². The molecule has 3 aliphatic rings. The molecule has 0 unspecified atom stereocenters. The average Bonchev–Trinajstić information content (AvgIpc) is 3.62. The van der Waals surface area contributed by atoms with Gasteiger partial charge in [0.25, 0.3) is 0 Å². The Morgan fingerprint density at radius 1 is 0.682 bits per heavy atom. The number of aliphatic hydroxyl groups is 1. The number of ether oxygens (including phenoxy) is 1. The number of aromatic amines is 1. The van der Waals surface area contributed by atoms with E-state index < -0.39 is 101 Å². The monoisotopic (exact) mass is 1250 g/mol. The second-order valence-corrected chi connectivity index (χ2v) is 25.3. The highest BCUT2D eigenvalue weighted by Gasteiger charge is 2.48. The second-order valence-electron chi connectivity index (χ2n) is 23.1. The standard InChI is InChI=1S/C64H85FN10O11S2/c1-39-56(78)69-40(2)57(79)70-50-18-12-10-8-6-7-9-11-13-19-51(71-60(82)52(72-58(50)80)34-45-36-67-49-25-22-46(65)35-48(45)49)59(81)74-55(41(3)76)61(83)73-53(33-42-20-23-47(86-5)24-21-42)62(84)75-29-15-27-64(75,4)63(85)66-28-31-88-38-44-17-14-16-43(32-44)37-87-30-26-54(77)68-39/h6-7,14,16-17,20-25,32,35-36,39-41,50-53,55,67,76H,8-13,15,18-19,26-31,33-34,37-38H2,1-5H3,(H,66,85)(H,68,77)(H,69,78)(H,70,79)(H,71,82)(H,72,80)(H,73,83)(H,74,81)/b7-6-/t39-,40+,41+,50-,51-,52-,53-,55-,64-/m0/s1.